The number of ether oxygens (including phenoxy) is 1. The van der Waals surface area contributed by atoms with E-state index in [1.807, 2.05) is 0 Å². The van der Waals surface area contributed by atoms with E-state index in [1.165, 1.54) is 25.3 Å². The van der Waals surface area contributed by atoms with Crippen LogP contribution in [-0.4, -0.2) is 38.6 Å². The number of nitrogens with zero attached hydrogens (tertiary/aromatic N) is 1. The molecule has 1 atom stereocenters. The average molecular weight is 330 g/mol. The van der Waals surface area contributed by atoms with Gasteiger partial charge in [-0.05, 0) is 12.1 Å². The van der Waals surface area contributed by atoms with Gasteiger partial charge in [0.05, 0.1) is 23.8 Å². The van der Waals surface area contributed by atoms with Crippen molar-refractivity contribution in [3.05, 3.63) is 29.8 Å². The van der Waals surface area contributed by atoms with Gasteiger partial charge in [0.2, 0.25) is 11.8 Å². The van der Waals surface area contributed by atoms with Crippen molar-refractivity contribution in [2.75, 3.05) is 31.7 Å². The molecule has 1 fully saturated rings. The van der Waals surface area contributed by atoms with Crippen LogP contribution in [0.15, 0.2) is 24.3 Å². The number of anilines is 1. The summed E-state index contributed by atoms with van der Waals surface area (Å²) in [6, 6.07) is 4.87. The summed E-state index contributed by atoms with van der Waals surface area (Å²) in [7, 11) is 1.49. The van der Waals surface area contributed by atoms with Gasteiger partial charge < -0.3 is 15.0 Å². The molecule has 1 N–H and O–H groups in total. The molecule has 1 heterocycles. The van der Waals surface area contributed by atoms with E-state index in [9.17, 15) is 22.8 Å². The van der Waals surface area contributed by atoms with Crippen molar-refractivity contribution in [2.45, 2.75) is 12.6 Å². The van der Waals surface area contributed by atoms with Gasteiger partial charge in [-0.2, -0.15) is 13.2 Å². The van der Waals surface area contributed by atoms with Gasteiger partial charge in [0.25, 0.3) is 0 Å². The molecule has 1 aromatic rings. The smallest absolute Gasteiger partial charge is 0.383 e. The molecule has 0 bridgehead atoms. The number of methoxy groups -OCH3 is 1. The maximum atomic E-state index is 13.1. The van der Waals surface area contributed by atoms with Crippen LogP contribution in [0, 0.1) is 5.92 Å². The van der Waals surface area contributed by atoms with Crippen molar-refractivity contribution in [1.29, 1.82) is 0 Å². The van der Waals surface area contributed by atoms with Crippen molar-refractivity contribution in [2.24, 2.45) is 5.92 Å². The molecule has 0 spiro atoms. The van der Waals surface area contributed by atoms with Crippen LogP contribution < -0.4 is 10.2 Å². The number of alkyl halides is 3. The zero-order valence-corrected chi connectivity index (χ0v) is 12.5. The zero-order valence-electron chi connectivity index (χ0n) is 12.5. The lowest BCUT2D eigenvalue weighted by atomic mass is 10.1. The second-order valence-electron chi connectivity index (χ2n) is 5.20. The quantitative estimate of drug-likeness (QED) is 0.838. The molecule has 0 radical (unpaired) electrons. The molecule has 0 aromatic heterocycles. The summed E-state index contributed by atoms with van der Waals surface area (Å²) in [4.78, 5) is 25.0. The minimum Gasteiger partial charge on any atom is -0.383 e. The number of para-hydroxylation sites is 1. The number of nitrogens with one attached hydrogen (secondary N) is 1. The topological polar surface area (TPSA) is 58.6 Å². The molecule has 1 saturated heterocycles. The Labute approximate surface area is 131 Å². The summed E-state index contributed by atoms with van der Waals surface area (Å²) in [6.45, 7) is 0.553. The van der Waals surface area contributed by atoms with Crippen LogP contribution in [-0.2, 0) is 20.5 Å². The van der Waals surface area contributed by atoms with Crippen LogP contribution in [0.2, 0.25) is 0 Å². The maximum absolute atomic E-state index is 13.1. The Balaban J connectivity index is 2.14. The predicted molar refractivity (Wildman–Crippen MR) is 76.8 cm³/mol. The number of carbonyl (C=O) groups excluding carboxylic acids is 2. The fraction of sp³-hybridized carbons (Fsp3) is 0.467. The van der Waals surface area contributed by atoms with Crippen molar-refractivity contribution in [3.8, 4) is 0 Å². The highest BCUT2D eigenvalue weighted by molar-refractivity contribution is 6.00. The monoisotopic (exact) mass is 330 g/mol. The minimum atomic E-state index is -4.56. The molecule has 23 heavy (non-hydrogen) atoms. The molecule has 0 aliphatic carbocycles. The van der Waals surface area contributed by atoms with E-state index in [-0.39, 0.29) is 24.6 Å². The summed E-state index contributed by atoms with van der Waals surface area (Å²) in [5.74, 6) is -1.52. The fourth-order valence-electron chi connectivity index (χ4n) is 2.49. The molecule has 1 aromatic carbocycles. The third kappa shape index (κ3) is 4.01. The highest BCUT2D eigenvalue weighted by atomic mass is 19.4. The fourth-order valence-corrected chi connectivity index (χ4v) is 2.49. The lowest BCUT2D eigenvalue weighted by Gasteiger charge is -2.21. The normalized spacial score (nSPS) is 18.3. The first-order valence-electron chi connectivity index (χ1n) is 7.08. The molecule has 8 heteroatoms. The first kappa shape index (κ1) is 17.3. The van der Waals surface area contributed by atoms with E-state index in [1.54, 1.807) is 0 Å². The van der Waals surface area contributed by atoms with Crippen molar-refractivity contribution in [3.63, 3.8) is 0 Å². The lowest BCUT2D eigenvalue weighted by Crippen LogP contribution is -2.35. The first-order valence-corrected chi connectivity index (χ1v) is 7.08. The molecular formula is C15H17F3N2O3. The van der Waals surface area contributed by atoms with Crippen molar-refractivity contribution < 1.29 is 27.5 Å². The van der Waals surface area contributed by atoms with Crippen LogP contribution in [0.25, 0.3) is 0 Å². The van der Waals surface area contributed by atoms with Gasteiger partial charge in [-0.3, -0.25) is 9.59 Å². The minimum absolute atomic E-state index is 0.0647. The van der Waals surface area contributed by atoms with E-state index >= 15 is 0 Å². The second kappa shape index (κ2) is 6.99. The second-order valence-corrected chi connectivity index (χ2v) is 5.20. The number of hydrogen-bond donors (Lipinski definition) is 1. The third-order valence-corrected chi connectivity index (χ3v) is 3.60. The summed E-state index contributed by atoms with van der Waals surface area (Å²) < 4.78 is 44.0. The van der Waals surface area contributed by atoms with E-state index in [2.05, 4.69) is 5.32 Å². The Kier molecular flexibility index (Phi) is 5.25. The van der Waals surface area contributed by atoms with Gasteiger partial charge in [0.1, 0.15) is 0 Å². The average Bonchev–Trinajstić information content (AvgIpc) is 2.88. The molecule has 0 saturated carbocycles. The van der Waals surface area contributed by atoms with E-state index in [4.69, 9.17) is 4.74 Å². The number of rotatable bonds is 5. The van der Waals surface area contributed by atoms with Crippen LogP contribution in [0.5, 0.6) is 0 Å². The van der Waals surface area contributed by atoms with Crippen LogP contribution in [0.3, 0.4) is 0 Å². The molecule has 2 rings (SSSR count). The predicted octanol–water partition coefficient (Wildman–Crippen LogP) is 1.82. The van der Waals surface area contributed by atoms with Gasteiger partial charge in [0, 0.05) is 26.6 Å². The number of carbonyl (C=O) groups is 2. The molecule has 1 aliphatic rings. The number of benzene rings is 1. The van der Waals surface area contributed by atoms with Gasteiger partial charge in [-0.1, -0.05) is 12.1 Å². The first-order chi connectivity index (χ1) is 10.8. The standard InChI is InChI=1S/C15H17F3N2O3/c1-23-7-6-19-14(22)10-8-13(21)20(9-10)12-5-3-2-4-11(12)15(16,17)18/h2-5,10H,6-9H2,1H3,(H,19,22). The van der Waals surface area contributed by atoms with E-state index in [0.717, 1.165) is 11.0 Å². The number of amides is 2. The summed E-state index contributed by atoms with van der Waals surface area (Å²) in [5, 5.41) is 2.60. The van der Waals surface area contributed by atoms with Crippen LogP contribution in [0.1, 0.15) is 12.0 Å². The largest absolute Gasteiger partial charge is 0.418 e. The highest BCUT2D eigenvalue weighted by Gasteiger charge is 2.40. The van der Waals surface area contributed by atoms with Crippen molar-refractivity contribution >= 4 is 17.5 Å². The Bertz CT molecular complexity index is 590. The van der Waals surface area contributed by atoms with E-state index < -0.39 is 23.6 Å². The highest BCUT2D eigenvalue weighted by Crippen LogP contribution is 2.38. The Morgan fingerprint density at radius 3 is 2.74 bits per heavy atom. The SMILES string of the molecule is COCCNC(=O)C1CC(=O)N(c2ccccc2C(F)(F)F)C1. The third-order valence-electron chi connectivity index (χ3n) is 3.60. The molecule has 1 aliphatic heterocycles. The van der Waals surface area contributed by atoms with Gasteiger partial charge >= 0.3 is 6.18 Å². The van der Waals surface area contributed by atoms with E-state index in [0.29, 0.717) is 13.2 Å². The number of halogens is 3. The molecule has 1 unspecified atom stereocenters. The van der Waals surface area contributed by atoms with Gasteiger partial charge in [-0.15, -0.1) is 0 Å². The molecule has 126 valence electrons. The Morgan fingerprint density at radius 1 is 1.39 bits per heavy atom. The molecule has 5 nitrogen and oxygen atoms in total. The Hall–Kier alpha value is -2.09. The summed E-state index contributed by atoms with van der Waals surface area (Å²) >= 11 is 0. The molecular weight excluding hydrogens is 313 g/mol. The van der Waals surface area contributed by atoms with Crippen molar-refractivity contribution in [1.82, 2.24) is 5.32 Å². The Morgan fingerprint density at radius 2 is 2.09 bits per heavy atom. The van der Waals surface area contributed by atoms with Crippen LogP contribution in [0.4, 0.5) is 18.9 Å². The van der Waals surface area contributed by atoms with Gasteiger partial charge in [0.15, 0.2) is 0 Å². The van der Waals surface area contributed by atoms with Gasteiger partial charge in [-0.25, -0.2) is 0 Å². The summed E-state index contributed by atoms with van der Waals surface area (Å²) in [6.07, 6.45) is -4.67. The van der Waals surface area contributed by atoms with Crippen LogP contribution >= 0.6 is 0 Å². The number of hydrogen-bond acceptors (Lipinski definition) is 3. The summed E-state index contributed by atoms with van der Waals surface area (Å²) in [5.41, 5.74) is -1.09. The maximum Gasteiger partial charge on any atom is 0.418 e. The lowest BCUT2D eigenvalue weighted by molar-refractivity contribution is -0.137. The molecule has 2 amide bonds. The zero-order chi connectivity index (χ0) is 17.0.